The fourth-order valence-corrected chi connectivity index (χ4v) is 11.4. The summed E-state index contributed by atoms with van der Waals surface area (Å²) in [5.74, 6) is -9.64. The fraction of sp³-hybridized carbons (Fsp3) is 0.387. The number of halogens is 12. The van der Waals surface area contributed by atoms with E-state index in [1.165, 1.54) is 73.8 Å². The van der Waals surface area contributed by atoms with Gasteiger partial charge in [0.25, 0.3) is 0 Å². The molecule has 112 heavy (non-hydrogen) atoms. The number of aromatic nitrogens is 4. The molecular formula is C62H88Cd2F12N14O20Si2+2. The molecule has 620 valence electrons. The Morgan fingerprint density at radius 1 is 0.286 bits per heavy atom. The molecule has 12 atom stereocenters. The maximum atomic E-state index is 13.3. The molecule has 4 aromatic heterocycles. The molecule has 10 aliphatic rings. The van der Waals surface area contributed by atoms with Crippen LogP contribution in [0.5, 0.6) is 0 Å². The summed E-state index contributed by atoms with van der Waals surface area (Å²) in [6.45, 7) is 0. The van der Waals surface area contributed by atoms with Gasteiger partial charge in [0.15, 0.2) is 0 Å². The van der Waals surface area contributed by atoms with Crippen molar-refractivity contribution in [2.45, 2.75) is 0 Å². The smallest absolute Gasteiger partial charge is 0.457 e. The Kier molecular flexibility index (Phi) is 44.8. The van der Waals surface area contributed by atoms with Crippen LogP contribution in [0.4, 0.5) is 72.0 Å². The number of carbonyl (C=O) groups excluding carboxylic acids is 14. The normalized spacial score (nSPS) is 22.9. The van der Waals surface area contributed by atoms with Gasteiger partial charge in [-0.05, 0) is 48.5 Å². The Balaban J connectivity index is -0.000000316. The summed E-state index contributed by atoms with van der Waals surface area (Å²) in [5, 5.41) is 0. The minimum absolute atomic E-state index is 0. The number of hydrogen-bond acceptors (Lipinski definition) is 18. The van der Waals surface area contributed by atoms with Crippen LogP contribution in [0.2, 0.25) is 0 Å². The Morgan fingerprint density at radius 3 is 0.473 bits per heavy atom. The summed E-state index contributed by atoms with van der Waals surface area (Å²) in [6.07, 6.45) is 24.1. The molecule has 6 fully saturated rings. The van der Waals surface area contributed by atoms with Crippen molar-refractivity contribution in [3.8, 4) is 0 Å². The summed E-state index contributed by atoms with van der Waals surface area (Å²) in [4.78, 5) is 192. The molecule has 0 aromatic carbocycles. The van der Waals surface area contributed by atoms with E-state index in [1.807, 2.05) is 24.3 Å². The third-order valence-electron chi connectivity index (χ3n) is 14.9. The molecule has 4 bridgehead atoms. The largest absolute Gasteiger partial charge is 2.00 e. The molecule has 4 aromatic rings. The van der Waals surface area contributed by atoms with Crippen molar-refractivity contribution >= 4 is 126 Å². The molecule has 4 saturated heterocycles. The quantitative estimate of drug-likeness (QED) is 0.0376. The van der Waals surface area contributed by atoms with Crippen molar-refractivity contribution in [3.05, 3.63) is 122 Å². The second kappa shape index (κ2) is 44.2. The van der Waals surface area contributed by atoms with Gasteiger partial charge in [-0.3, -0.25) is 87.1 Å². The zero-order valence-corrected chi connectivity index (χ0v) is 72.1. The topological polar surface area (TPSA) is 515 Å². The van der Waals surface area contributed by atoms with E-state index < -0.39 is 88.3 Å². The summed E-state index contributed by atoms with van der Waals surface area (Å²) in [6, 6.07) is 13.3. The van der Waals surface area contributed by atoms with Gasteiger partial charge in [0.05, 0.1) is 94.9 Å². The van der Waals surface area contributed by atoms with Gasteiger partial charge in [-0.2, -0.15) is 0 Å². The molecule has 14 amide bonds. The number of allylic oxidation sites excluding steroid dienone is 4. The number of nitrogens with zero attached hydrogens (tertiary/aromatic N) is 14. The van der Waals surface area contributed by atoms with Crippen molar-refractivity contribution in [1.82, 2.24) is 49.3 Å². The molecule has 4 aliphatic heterocycles. The van der Waals surface area contributed by atoms with Gasteiger partial charge in [-0.15, -0.1) is 0 Å². The first-order chi connectivity index (χ1) is 47.7. The van der Waals surface area contributed by atoms with Crippen LogP contribution in [-0.4, -0.2) is 259 Å². The zero-order valence-electron chi connectivity index (χ0n) is 62.0. The molecule has 14 rings (SSSR count). The Hall–Kier alpha value is -9.34. The van der Waals surface area contributed by atoms with Gasteiger partial charge in [0, 0.05) is 133 Å². The van der Waals surface area contributed by atoms with Gasteiger partial charge in [0.1, 0.15) is 0 Å². The third-order valence-corrected chi connectivity index (χ3v) is 14.9. The van der Waals surface area contributed by atoms with Crippen LogP contribution in [0.3, 0.4) is 0 Å². The predicted octanol–water partition coefficient (Wildman–Crippen LogP) is -0.233. The zero-order chi connectivity index (χ0) is 79.7. The molecule has 14 N–H and O–H groups in total. The summed E-state index contributed by atoms with van der Waals surface area (Å²) >= 11 is 0. The second-order valence-corrected chi connectivity index (χ2v) is 29.0. The van der Waals surface area contributed by atoms with Crippen molar-refractivity contribution in [2.75, 3.05) is 104 Å². The molecule has 2 saturated carbocycles. The van der Waals surface area contributed by atoms with Gasteiger partial charge >= 0.3 is 121 Å². The number of amides is 14. The van der Waals surface area contributed by atoms with Gasteiger partial charge in [-0.25, -0.2) is 19.6 Å². The predicted molar refractivity (Wildman–Crippen MR) is 375 cm³/mol. The van der Waals surface area contributed by atoms with Gasteiger partial charge < -0.3 is 62.3 Å². The maximum Gasteiger partial charge on any atom is 2.00 e. The van der Waals surface area contributed by atoms with Crippen LogP contribution in [-0.2, 0) is 133 Å². The number of hydrogen-bond donors (Lipinski definition) is 0. The Labute approximate surface area is 672 Å². The van der Waals surface area contributed by atoms with E-state index in [0.717, 1.165) is 38.5 Å². The molecule has 4 unspecified atom stereocenters. The standard InChI is InChI=1S/2C22H16N4O4.6C3H7NO.2Cd.2F6Si.6H2O/c2*27-19-15-13-5-6-14(16(15)20(28)25(19)11-3-1-7-23-9-11)18-17(13)21(29)26(22(18)30)12-4-2-8-24-10-12;6*1-4(2)3-5;;;2*1-7(2,3,4,5)6;;;;;;/h2*1-10,13-18H;6*3H,1-2H3;;;;;6*1H2/q;;;;;;;;2*+2;2*-2;;;;;;/p+2/t2*13?,14?,15-,16+,17+,18-;;;;;;;;;;;;;;;;. The van der Waals surface area contributed by atoms with Crippen molar-refractivity contribution in [2.24, 2.45) is 71.0 Å². The molecule has 0 radical (unpaired) electrons. The molecule has 34 nitrogen and oxygen atoms in total. The number of carbonyl (C=O) groups is 14. The Bertz CT molecular complexity index is 3270. The molecule has 6 aliphatic carbocycles. The van der Waals surface area contributed by atoms with E-state index in [-0.39, 0.29) is 135 Å². The van der Waals surface area contributed by atoms with Crippen LogP contribution in [0.15, 0.2) is 122 Å². The van der Waals surface area contributed by atoms with Crippen LogP contribution >= 0.6 is 0 Å². The van der Waals surface area contributed by atoms with Crippen LogP contribution < -0.4 is 19.6 Å². The number of imide groups is 4. The summed E-state index contributed by atoms with van der Waals surface area (Å²) < 4.78 is 119. The monoisotopic (exact) mass is 1860 g/mol. The SMILES string of the molecule is CN(C)C=O.CN(C)C=O.CN(C)C=O.CN(C)C=O.CN(C)C=O.CN(C)C=O.F[Si-2](F)(F)(F)(F)F.F[Si-2](F)(F)(F)(F)F.O.O.O.O.O=C1[C@@H]2C3C=CC([C@H]4C(=O)N(c5cccnc5)C(=O)[C@@H]34)[C@@H]2C(=O)N1c1cccnc1.O=C1[C@@H]2C3C=CC([C@H]4C(=O)N(c5cccnc5)C(=O)[C@@H]34)[C@@H]2C(=O)N1c1cccnc1.[Cd+2].[Cd+2].[OH3+].[OH3+]. The summed E-state index contributed by atoms with van der Waals surface area (Å²) in [7, 11) is -1.44. The molecule has 50 heteroatoms. The first kappa shape index (κ1) is 114. The average molecular weight is 1860 g/mol. The fourth-order valence-electron chi connectivity index (χ4n) is 11.4. The third kappa shape index (κ3) is 33.5. The average Bonchev–Trinajstić information content (AvgIpc) is 1.54. The molecule has 8 heterocycles. The van der Waals surface area contributed by atoms with E-state index >= 15 is 0 Å². The second-order valence-electron chi connectivity index (χ2n) is 24.7. The van der Waals surface area contributed by atoms with Crippen molar-refractivity contribution in [1.29, 1.82) is 0 Å². The van der Waals surface area contributed by atoms with E-state index in [1.54, 1.807) is 158 Å². The first-order valence-electron chi connectivity index (χ1n) is 30.3. The van der Waals surface area contributed by atoms with Crippen molar-refractivity contribution < 1.29 is 204 Å². The van der Waals surface area contributed by atoms with Gasteiger partial charge in [0.2, 0.25) is 85.7 Å². The van der Waals surface area contributed by atoms with Gasteiger partial charge in [-0.1, -0.05) is 24.3 Å². The number of anilines is 4. The number of pyridine rings is 4. The van der Waals surface area contributed by atoms with Crippen LogP contribution in [0.1, 0.15) is 0 Å². The minimum Gasteiger partial charge on any atom is -0.457 e. The summed E-state index contributed by atoms with van der Waals surface area (Å²) in [5.41, 5.74) is 1.67. The van der Waals surface area contributed by atoms with Crippen LogP contribution in [0, 0.1) is 71.0 Å². The van der Waals surface area contributed by atoms with E-state index in [9.17, 15) is 116 Å². The first-order valence-corrected chi connectivity index (χ1v) is 34.8. The maximum absolute atomic E-state index is 13.3. The molecule has 0 spiro atoms. The minimum atomic E-state index is -10.8. The van der Waals surface area contributed by atoms with E-state index in [2.05, 4.69) is 19.9 Å². The van der Waals surface area contributed by atoms with Crippen molar-refractivity contribution in [3.63, 3.8) is 0 Å². The Morgan fingerprint density at radius 2 is 0.393 bits per heavy atom. The van der Waals surface area contributed by atoms with E-state index in [4.69, 9.17) is 0 Å². The number of rotatable bonds is 10. The van der Waals surface area contributed by atoms with Crippen LogP contribution in [0.25, 0.3) is 0 Å². The molecular weight excluding hydrogens is 1770 g/mol. The van der Waals surface area contributed by atoms with E-state index in [0.29, 0.717) is 22.7 Å².